The van der Waals surface area contributed by atoms with Gasteiger partial charge in [0.2, 0.25) is 0 Å². The third kappa shape index (κ3) is 3.85. The fourth-order valence-corrected chi connectivity index (χ4v) is 3.17. The molecule has 0 unspecified atom stereocenters. The number of quaternary nitrogens is 1. The molecule has 24 heavy (non-hydrogen) atoms. The molecule has 0 radical (unpaired) electrons. The highest BCUT2D eigenvalue weighted by atomic mass is 19.1. The van der Waals surface area contributed by atoms with Crippen molar-refractivity contribution in [2.45, 2.75) is 13.5 Å². The van der Waals surface area contributed by atoms with E-state index in [1.54, 1.807) is 6.07 Å². The maximum Gasteiger partial charge on any atom is 0.142 e. The first-order valence-corrected chi connectivity index (χ1v) is 8.41. The van der Waals surface area contributed by atoms with E-state index in [-0.39, 0.29) is 0 Å². The lowest BCUT2D eigenvalue weighted by Crippen LogP contribution is -3.13. The average molecular weight is 333 g/mol. The third-order valence-electron chi connectivity index (χ3n) is 4.43. The van der Waals surface area contributed by atoms with Crippen LogP contribution in [0.25, 0.3) is 0 Å². The van der Waals surface area contributed by atoms with E-state index in [9.17, 15) is 8.78 Å². The topological polar surface area (TPSA) is 16.9 Å². The first-order chi connectivity index (χ1) is 11.7. The van der Waals surface area contributed by atoms with E-state index < -0.39 is 11.6 Å². The zero-order chi connectivity index (χ0) is 16.9. The SMILES string of the molecule is CCOc1ccccc1N1CC[NH+](Cc2ccc(F)cc2F)CC1. The summed E-state index contributed by atoms with van der Waals surface area (Å²) >= 11 is 0. The molecule has 0 bridgehead atoms. The minimum absolute atomic E-state index is 0.452. The molecular weight excluding hydrogens is 310 g/mol. The lowest BCUT2D eigenvalue weighted by Gasteiger charge is -2.34. The molecule has 0 atom stereocenters. The van der Waals surface area contributed by atoms with Crippen molar-refractivity contribution < 1.29 is 18.4 Å². The van der Waals surface area contributed by atoms with Crippen molar-refractivity contribution in [3.63, 3.8) is 0 Å². The Bertz CT molecular complexity index is 685. The van der Waals surface area contributed by atoms with Crippen LogP contribution in [0.5, 0.6) is 5.75 Å². The van der Waals surface area contributed by atoms with Crippen molar-refractivity contribution in [3.8, 4) is 5.75 Å². The molecule has 5 heteroatoms. The van der Waals surface area contributed by atoms with Gasteiger partial charge < -0.3 is 14.5 Å². The average Bonchev–Trinajstić information content (AvgIpc) is 2.59. The van der Waals surface area contributed by atoms with Crippen LogP contribution in [0.3, 0.4) is 0 Å². The molecule has 0 saturated carbocycles. The van der Waals surface area contributed by atoms with Crippen LogP contribution in [0.15, 0.2) is 42.5 Å². The van der Waals surface area contributed by atoms with Crippen LogP contribution in [0.4, 0.5) is 14.5 Å². The number of hydrogen-bond acceptors (Lipinski definition) is 2. The Kier molecular flexibility index (Phi) is 5.30. The summed E-state index contributed by atoms with van der Waals surface area (Å²) in [7, 11) is 0. The lowest BCUT2D eigenvalue weighted by molar-refractivity contribution is -0.914. The highest BCUT2D eigenvalue weighted by Gasteiger charge is 2.23. The highest BCUT2D eigenvalue weighted by molar-refractivity contribution is 5.58. The second kappa shape index (κ2) is 7.62. The molecule has 1 heterocycles. The molecule has 0 aliphatic carbocycles. The van der Waals surface area contributed by atoms with Crippen LogP contribution in [-0.2, 0) is 6.54 Å². The van der Waals surface area contributed by atoms with E-state index in [0.717, 1.165) is 43.7 Å². The van der Waals surface area contributed by atoms with E-state index in [0.29, 0.717) is 18.7 Å². The van der Waals surface area contributed by atoms with Crippen LogP contribution in [0.1, 0.15) is 12.5 Å². The third-order valence-corrected chi connectivity index (χ3v) is 4.43. The molecule has 0 amide bonds. The van der Waals surface area contributed by atoms with Gasteiger partial charge in [-0.05, 0) is 31.2 Å². The van der Waals surface area contributed by atoms with Crippen molar-refractivity contribution in [2.24, 2.45) is 0 Å². The molecule has 1 saturated heterocycles. The molecule has 1 fully saturated rings. The fourth-order valence-electron chi connectivity index (χ4n) is 3.17. The van der Waals surface area contributed by atoms with Gasteiger partial charge in [0.05, 0.1) is 38.5 Å². The van der Waals surface area contributed by atoms with Gasteiger partial charge >= 0.3 is 0 Å². The summed E-state index contributed by atoms with van der Waals surface area (Å²) < 4.78 is 32.5. The molecule has 128 valence electrons. The van der Waals surface area contributed by atoms with Crippen molar-refractivity contribution in [1.29, 1.82) is 0 Å². The Morgan fingerprint density at radius 1 is 1.08 bits per heavy atom. The standard InChI is InChI=1S/C19H22F2N2O/c1-2-24-19-6-4-3-5-18(19)23-11-9-22(10-12-23)14-15-7-8-16(20)13-17(15)21/h3-8,13H,2,9-12,14H2,1H3/p+1. The first-order valence-electron chi connectivity index (χ1n) is 8.41. The maximum absolute atomic E-state index is 13.8. The normalized spacial score (nSPS) is 15.5. The minimum atomic E-state index is -0.524. The van der Waals surface area contributed by atoms with Gasteiger partial charge in [0, 0.05) is 11.6 Å². The summed E-state index contributed by atoms with van der Waals surface area (Å²) in [5.41, 5.74) is 1.70. The first kappa shape index (κ1) is 16.7. The number of hydrogen-bond donors (Lipinski definition) is 1. The molecule has 3 nitrogen and oxygen atoms in total. The maximum atomic E-state index is 13.8. The van der Waals surface area contributed by atoms with Crippen molar-refractivity contribution in [1.82, 2.24) is 0 Å². The fraction of sp³-hybridized carbons (Fsp3) is 0.368. The Morgan fingerprint density at radius 3 is 2.54 bits per heavy atom. The Hall–Kier alpha value is -2.14. The van der Waals surface area contributed by atoms with Gasteiger partial charge in [-0.3, -0.25) is 0 Å². The van der Waals surface area contributed by atoms with Gasteiger partial charge in [0.1, 0.15) is 23.9 Å². The summed E-state index contributed by atoms with van der Waals surface area (Å²) in [6, 6.07) is 11.9. The zero-order valence-corrected chi connectivity index (χ0v) is 13.9. The summed E-state index contributed by atoms with van der Waals surface area (Å²) in [6.07, 6.45) is 0. The summed E-state index contributed by atoms with van der Waals surface area (Å²) in [6.45, 7) is 6.83. The smallest absolute Gasteiger partial charge is 0.142 e. The number of para-hydroxylation sites is 2. The molecule has 1 aliphatic heterocycles. The largest absolute Gasteiger partial charge is 0.492 e. The van der Waals surface area contributed by atoms with Crippen LogP contribution in [0, 0.1) is 11.6 Å². The molecule has 1 N–H and O–H groups in total. The van der Waals surface area contributed by atoms with Gasteiger partial charge in [0.15, 0.2) is 0 Å². The summed E-state index contributed by atoms with van der Waals surface area (Å²) in [5, 5.41) is 0. The van der Waals surface area contributed by atoms with E-state index in [1.807, 2.05) is 25.1 Å². The van der Waals surface area contributed by atoms with E-state index in [4.69, 9.17) is 4.74 Å². The lowest BCUT2D eigenvalue weighted by atomic mass is 10.1. The van der Waals surface area contributed by atoms with Gasteiger partial charge in [-0.1, -0.05) is 12.1 Å². The van der Waals surface area contributed by atoms with E-state index >= 15 is 0 Å². The molecule has 1 aliphatic rings. The van der Waals surface area contributed by atoms with Crippen molar-refractivity contribution in [2.75, 3.05) is 37.7 Å². The predicted octanol–water partition coefficient (Wildman–Crippen LogP) is 2.27. The second-order valence-corrected chi connectivity index (χ2v) is 6.05. The predicted molar refractivity (Wildman–Crippen MR) is 90.6 cm³/mol. The number of rotatable bonds is 5. The van der Waals surface area contributed by atoms with Gasteiger partial charge in [-0.25, -0.2) is 8.78 Å². The second-order valence-electron chi connectivity index (χ2n) is 6.05. The number of ether oxygens (including phenoxy) is 1. The number of benzene rings is 2. The summed E-state index contributed by atoms with van der Waals surface area (Å²) in [5.74, 6) is -0.0664. The minimum Gasteiger partial charge on any atom is -0.492 e. The number of piperazine rings is 1. The van der Waals surface area contributed by atoms with Gasteiger partial charge in [0.25, 0.3) is 0 Å². The van der Waals surface area contributed by atoms with E-state index in [1.165, 1.54) is 11.0 Å². The van der Waals surface area contributed by atoms with Gasteiger partial charge in [-0.2, -0.15) is 0 Å². The number of nitrogens with one attached hydrogen (secondary N) is 1. The van der Waals surface area contributed by atoms with Crippen LogP contribution < -0.4 is 14.5 Å². The molecule has 0 aromatic heterocycles. The van der Waals surface area contributed by atoms with E-state index in [2.05, 4.69) is 11.0 Å². The number of nitrogens with zero attached hydrogens (tertiary/aromatic N) is 1. The quantitative estimate of drug-likeness (QED) is 0.904. The van der Waals surface area contributed by atoms with Crippen LogP contribution >= 0.6 is 0 Å². The number of anilines is 1. The summed E-state index contributed by atoms with van der Waals surface area (Å²) in [4.78, 5) is 3.63. The van der Waals surface area contributed by atoms with Crippen molar-refractivity contribution >= 4 is 5.69 Å². The molecular formula is C19H23F2N2O+. The number of halogens is 2. The highest BCUT2D eigenvalue weighted by Crippen LogP contribution is 2.27. The van der Waals surface area contributed by atoms with Crippen molar-refractivity contribution in [3.05, 3.63) is 59.7 Å². The van der Waals surface area contributed by atoms with Gasteiger partial charge in [-0.15, -0.1) is 0 Å². The zero-order valence-electron chi connectivity index (χ0n) is 13.9. The molecule has 0 spiro atoms. The molecule has 2 aromatic rings. The Morgan fingerprint density at radius 2 is 1.83 bits per heavy atom. The Labute approximate surface area is 141 Å². The molecule has 2 aromatic carbocycles. The monoisotopic (exact) mass is 333 g/mol. The molecule has 3 rings (SSSR count). The van der Waals surface area contributed by atoms with Crippen LogP contribution in [-0.4, -0.2) is 32.8 Å². The Balaban J connectivity index is 1.62. The van der Waals surface area contributed by atoms with Crippen LogP contribution in [0.2, 0.25) is 0 Å².